The van der Waals surface area contributed by atoms with Gasteiger partial charge in [-0.3, -0.25) is 0 Å². The van der Waals surface area contributed by atoms with Gasteiger partial charge in [0.1, 0.15) is 0 Å². The van der Waals surface area contributed by atoms with Gasteiger partial charge in [-0.05, 0) is 48.3 Å². The van der Waals surface area contributed by atoms with Crippen molar-refractivity contribution in [1.82, 2.24) is 0 Å². The number of rotatable bonds is 0. The standard InChI is InChI=1S/C10H12O/c1-2-4-5-3(1)6-8(5)7(4)10-9(6)11-10/h3-10H,1-2H2/t3-,4-,5?,6+,7+,8?,9+,10+/m1/s1. The predicted octanol–water partition coefficient (Wildman–Crippen LogP) is 1.29. The molecule has 0 aromatic carbocycles. The first-order valence-electron chi connectivity index (χ1n) is 5.12. The summed E-state index contributed by atoms with van der Waals surface area (Å²) in [5, 5.41) is 0. The first-order valence-corrected chi connectivity index (χ1v) is 5.12. The summed E-state index contributed by atoms with van der Waals surface area (Å²) in [6, 6.07) is 0. The van der Waals surface area contributed by atoms with Crippen LogP contribution in [-0.2, 0) is 4.74 Å². The lowest BCUT2D eigenvalue weighted by Gasteiger charge is -2.60. The van der Waals surface area contributed by atoms with Gasteiger partial charge in [-0.2, -0.15) is 0 Å². The van der Waals surface area contributed by atoms with Crippen LogP contribution >= 0.6 is 0 Å². The molecule has 0 aromatic heterocycles. The highest BCUT2D eigenvalue weighted by Gasteiger charge is 2.82. The number of hydrogen-bond donors (Lipinski definition) is 0. The minimum atomic E-state index is 0.775. The van der Waals surface area contributed by atoms with Crippen molar-refractivity contribution in [1.29, 1.82) is 0 Å². The summed E-state index contributed by atoms with van der Waals surface area (Å²) in [5.41, 5.74) is 0. The third-order valence-corrected chi connectivity index (χ3v) is 5.46. The summed E-state index contributed by atoms with van der Waals surface area (Å²) in [6.45, 7) is 0. The highest BCUT2D eigenvalue weighted by atomic mass is 16.6. The zero-order valence-electron chi connectivity index (χ0n) is 6.44. The van der Waals surface area contributed by atoms with Crippen molar-refractivity contribution in [2.75, 3.05) is 0 Å². The molecule has 0 bridgehead atoms. The second-order valence-corrected chi connectivity index (χ2v) is 5.28. The molecule has 0 unspecified atom stereocenters. The third kappa shape index (κ3) is 0.286. The molecule has 1 heteroatoms. The maximum absolute atomic E-state index is 5.72. The van der Waals surface area contributed by atoms with Crippen LogP contribution in [0.3, 0.4) is 0 Å². The molecule has 4 saturated carbocycles. The Morgan fingerprint density at radius 1 is 0.727 bits per heavy atom. The molecule has 5 rings (SSSR count). The third-order valence-electron chi connectivity index (χ3n) is 5.46. The Hall–Kier alpha value is -0.0400. The number of ether oxygens (including phenoxy) is 1. The smallest absolute Gasteiger partial charge is 0.0878 e. The molecule has 5 fully saturated rings. The van der Waals surface area contributed by atoms with Gasteiger partial charge in [0.2, 0.25) is 0 Å². The lowest BCUT2D eigenvalue weighted by atomic mass is 9.44. The van der Waals surface area contributed by atoms with E-state index in [4.69, 9.17) is 4.74 Å². The van der Waals surface area contributed by atoms with Gasteiger partial charge in [-0.25, -0.2) is 0 Å². The van der Waals surface area contributed by atoms with Crippen LogP contribution in [0.25, 0.3) is 0 Å². The quantitative estimate of drug-likeness (QED) is 0.471. The van der Waals surface area contributed by atoms with E-state index >= 15 is 0 Å². The van der Waals surface area contributed by atoms with Gasteiger partial charge in [0, 0.05) is 0 Å². The normalized spacial score (nSPS) is 85.1. The van der Waals surface area contributed by atoms with Crippen molar-refractivity contribution in [3.05, 3.63) is 0 Å². The molecule has 0 amide bonds. The zero-order valence-corrected chi connectivity index (χ0v) is 6.44. The van der Waals surface area contributed by atoms with E-state index in [2.05, 4.69) is 0 Å². The van der Waals surface area contributed by atoms with Crippen LogP contribution in [0.15, 0.2) is 0 Å². The van der Waals surface area contributed by atoms with Crippen LogP contribution in [0.2, 0.25) is 0 Å². The second-order valence-electron chi connectivity index (χ2n) is 5.28. The van der Waals surface area contributed by atoms with Gasteiger partial charge in [0.15, 0.2) is 0 Å². The summed E-state index contributed by atoms with van der Waals surface area (Å²) in [5.74, 6) is 6.79. The van der Waals surface area contributed by atoms with E-state index in [9.17, 15) is 0 Å². The second kappa shape index (κ2) is 1.10. The lowest BCUT2D eigenvalue weighted by molar-refractivity contribution is -0.168. The average Bonchev–Trinajstić information content (AvgIpc) is 2.54. The molecule has 1 heterocycles. The SMILES string of the molecule is C1C[C@@H]2C3C4[C@@H]([C@@H]5O[C@H]5[C@H]42)[C@H]13. The number of epoxide rings is 1. The fraction of sp³-hybridized carbons (Fsp3) is 1.00. The Labute approximate surface area is 66.1 Å². The maximum atomic E-state index is 5.72. The molecule has 1 aliphatic heterocycles. The molecule has 4 aliphatic carbocycles. The van der Waals surface area contributed by atoms with Crippen molar-refractivity contribution in [3.8, 4) is 0 Å². The zero-order chi connectivity index (χ0) is 6.74. The van der Waals surface area contributed by atoms with Crippen LogP contribution in [0.1, 0.15) is 12.8 Å². The summed E-state index contributed by atoms with van der Waals surface area (Å²) in [6.07, 6.45) is 4.66. The van der Waals surface area contributed by atoms with Gasteiger partial charge in [-0.1, -0.05) is 0 Å². The van der Waals surface area contributed by atoms with Gasteiger partial charge >= 0.3 is 0 Å². The summed E-state index contributed by atoms with van der Waals surface area (Å²) in [7, 11) is 0. The maximum Gasteiger partial charge on any atom is 0.0878 e. The van der Waals surface area contributed by atoms with Gasteiger partial charge < -0.3 is 4.74 Å². The number of hydrogen-bond acceptors (Lipinski definition) is 1. The predicted molar refractivity (Wildman–Crippen MR) is 38.8 cm³/mol. The highest BCUT2D eigenvalue weighted by molar-refractivity contribution is 5.29. The van der Waals surface area contributed by atoms with Crippen LogP contribution in [0, 0.1) is 35.5 Å². The van der Waals surface area contributed by atoms with Crippen molar-refractivity contribution < 1.29 is 4.74 Å². The van der Waals surface area contributed by atoms with Crippen LogP contribution in [0.4, 0.5) is 0 Å². The Bertz CT molecular complexity index is 227. The van der Waals surface area contributed by atoms with E-state index in [1.54, 1.807) is 12.8 Å². The lowest BCUT2D eigenvalue weighted by Crippen LogP contribution is -2.59. The van der Waals surface area contributed by atoms with Crippen LogP contribution in [-0.4, -0.2) is 12.2 Å². The molecule has 1 nitrogen and oxygen atoms in total. The highest BCUT2D eigenvalue weighted by Crippen LogP contribution is 2.81. The van der Waals surface area contributed by atoms with Crippen molar-refractivity contribution >= 4 is 0 Å². The molecule has 58 valence electrons. The first kappa shape index (κ1) is 4.86. The van der Waals surface area contributed by atoms with E-state index in [1.807, 2.05) is 0 Å². The van der Waals surface area contributed by atoms with E-state index in [1.165, 1.54) is 11.8 Å². The molecule has 0 N–H and O–H groups in total. The molecule has 0 aromatic rings. The Morgan fingerprint density at radius 3 is 2.00 bits per heavy atom. The molecule has 1 saturated heterocycles. The minimum absolute atomic E-state index is 0.775. The van der Waals surface area contributed by atoms with Crippen LogP contribution in [0.5, 0.6) is 0 Å². The fourth-order valence-corrected chi connectivity index (χ4v) is 5.29. The molecule has 0 radical (unpaired) electrons. The first-order chi connectivity index (χ1) is 5.47. The fourth-order valence-electron chi connectivity index (χ4n) is 5.29. The summed E-state index contributed by atoms with van der Waals surface area (Å²) < 4.78 is 5.72. The Morgan fingerprint density at radius 2 is 1.36 bits per heavy atom. The van der Waals surface area contributed by atoms with Crippen LogP contribution < -0.4 is 0 Å². The van der Waals surface area contributed by atoms with Gasteiger partial charge in [-0.15, -0.1) is 0 Å². The number of fused-ring (bicyclic) bond motifs is 5. The van der Waals surface area contributed by atoms with Gasteiger partial charge in [0.25, 0.3) is 0 Å². The van der Waals surface area contributed by atoms with E-state index < -0.39 is 0 Å². The average molecular weight is 148 g/mol. The minimum Gasteiger partial charge on any atom is -0.369 e. The van der Waals surface area contributed by atoms with E-state index in [-0.39, 0.29) is 0 Å². The topological polar surface area (TPSA) is 12.5 Å². The monoisotopic (exact) mass is 148 g/mol. The van der Waals surface area contributed by atoms with Crippen molar-refractivity contribution in [2.45, 2.75) is 25.0 Å². The van der Waals surface area contributed by atoms with E-state index in [0.29, 0.717) is 0 Å². The van der Waals surface area contributed by atoms with E-state index in [0.717, 1.165) is 35.9 Å². The molecular formula is C10H12O. The summed E-state index contributed by atoms with van der Waals surface area (Å²) >= 11 is 0. The van der Waals surface area contributed by atoms with Gasteiger partial charge in [0.05, 0.1) is 12.2 Å². The molecule has 0 spiro atoms. The van der Waals surface area contributed by atoms with Crippen molar-refractivity contribution in [2.24, 2.45) is 35.5 Å². The largest absolute Gasteiger partial charge is 0.369 e. The molecular weight excluding hydrogens is 136 g/mol. The molecule has 11 heavy (non-hydrogen) atoms. The Kier molecular flexibility index (Phi) is 0.486. The van der Waals surface area contributed by atoms with Crippen molar-refractivity contribution in [3.63, 3.8) is 0 Å². The molecule has 6 atom stereocenters. The summed E-state index contributed by atoms with van der Waals surface area (Å²) in [4.78, 5) is 0. The molecule has 5 aliphatic rings. The Balaban J connectivity index is 1.77.